The summed E-state index contributed by atoms with van der Waals surface area (Å²) < 4.78 is 5.40. The fourth-order valence-electron chi connectivity index (χ4n) is 3.66. The Kier molecular flexibility index (Phi) is 3.35. The van der Waals surface area contributed by atoms with Crippen molar-refractivity contribution < 1.29 is 14.6 Å². The van der Waals surface area contributed by atoms with Gasteiger partial charge in [0.05, 0.1) is 24.9 Å². The van der Waals surface area contributed by atoms with E-state index in [0.29, 0.717) is 26.3 Å². The van der Waals surface area contributed by atoms with E-state index < -0.39 is 0 Å². The molecule has 0 radical (unpaired) electrons. The second-order valence-corrected chi connectivity index (χ2v) is 6.68. The molecule has 2 saturated heterocycles. The lowest BCUT2D eigenvalue weighted by Crippen LogP contribution is -2.38. The molecular weight excluding hydrogens is 280 g/mol. The third-order valence-corrected chi connectivity index (χ3v) is 5.27. The van der Waals surface area contributed by atoms with Gasteiger partial charge in [-0.1, -0.05) is 12.1 Å². The fourth-order valence-corrected chi connectivity index (χ4v) is 3.66. The van der Waals surface area contributed by atoms with Gasteiger partial charge in [-0.3, -0.25) is 4.79 Å². The molecule has 1 unspecified atom stereocenters. The highest BCUT2D eigenvalue weighted by atomic mass is 16.5. The van der Waals surface area contributed by atoms with Crippen LogP contribution < -0.4 is 4.90 Å². The number of aliphatic hydroxyl groups excluding tert-OH is 1. The first kappa shape index (κ1) is 14.0. The van der Waals surface area contributed by atoms with Crippen molar-refractivity contribution >= 4 is 11.6 Å². The van der Waals surface area contributed by atoms with Crippen LogP contribution in [0.1, 0.15) is 23.2 Å². The van der Waals surface area contributed by atoms with E-state index in [2.05, 4.69) is 4.90 Å². The van der Waals surface area contributed by atoms with Crippen molar-refractivity contribution in [2.24, 2.45) is 5.41 Å². The molecule has 22 heavy (non-hydrogen) atoms. The molecule has 118 valence electrons. The summed E-state index contributed by atoms with van der Waals surface area (Å²) >= 11 is 0. The minimum atomic E-state index is -0.355. The van der Waals surface area contributed by atoms with E-state index in [0.717, 1.165) is 37.2 Å². The SMILES string of the molecule is O=C(c1ccccc1N1CCOCC1)N1CC(O)C2(CC2)C1. The highest BCUT2D eigenvalue weighted by Crippen LogP contribution is 2.53. The topological polar surface area (TPSA) is 53.0 Å². The van der Waals surface area contributed by atoms with Crippen LogP contribution >= 0.6 is 0 Å². The molecule has 1 atom stereocenters. The lowest BCUT2D eigenvalue weighted by Gasteiger charge is -2.31. The quantitative estimate of drug-likeness (QED) is 0.889. The summed E-state index contributed by atoms with van der Waals surface area (Å²) in [6.45, 7) is 4.20. The lowest BCUT2D eigenvalue weighted by atomic mass is 10.0. The Hall–Kier alpha value is -1.59. The van der Waals surface area contributed by atoms with Crippen LogP contribution in [-0.4, -0.2) is 61.4 Å². The second kappa shape index (κ2) is 5.25. The monoisotopic (exact) mass is 302 g/mol. The van der Waals surface area contributed by atoms with Gasteiger partial charge in [-0.2, -0.15) is 0 Å². The highest BCUT2D eigenvalue weighted by molar-refractivity contribution is 6.00. The van der Waals surface area contributed by atoms with Gasteiger partial charge in [0.1, 0.15) is 0 Å². The summed E-state index contributed by atoms with van der Waals surface area (Å²) in [6.07, 6.45) is 1.73. The molecule has 1 amide bonds. The number of anilines is 1. The first-order valence-electron chi connectivity index (χ1n) is 8.09. The van der Waals surface area contributed by atoms with E-state index in [1.807, 2.05) is 29.2 Å². The number of carbonyl (C=O) groups is 1. The average Bonchev–Trinajstić information content (AvgIpc) is 3.27. The number of likely N-dealkylation sites (tertiary alicyclic amines) is 1. The smallest absolute Gasteiger partial charge is 0.256 e. The van der Waals surface area contributed by atoms with Crippen LogP contribution in [0.5, 0.6) is 0 Å². The molecule has 1 spiro atoms. The summed E-state index contributed by atoms with van der Waals surface area (Å²) in [6, 6.07) is 7.80. The van der Waals surface area contributed by atoms with Crippen molar-refractivity contribution in [1.29, 1.82) is 0 Å². The van der Waals surface area contributed by atoms with Crippen LogP contribution in [-0.2, 0) is 4.74 Å². The average molecular weight is 302 g/mol. The second-order valence-electron chi connectivity index (χ2n) is 6.68. The van der Waals surface area contributed by atoms with Crippen LogP contribution in [0.3, 0.4) is 0 Å². The summed E-state index contributed by atoms with van der Waals surface area (Å²) in [7, 11) is 0. The first-order valence-corrected chi connectivity index (χ1v) is 8.09. The number of hydrogen-bond acceptors (Lipinski definition) is 4. The molecule has 5 heteroatoms. The Bertz CT molecular complexity index is 579. The maximum atomic E-state index is 12.9. The van der Waals surface area contributed by atoms with Gasteiger partial charge in [-0.15, -0.1) is 0 Å². The van der Waals surface area contributed by atoms with Gasteiger partial charge < -0.3 is 19.6 Å². The molecule has 1 aromatic rings. The van der Waals surface area contributed by atoms with Gasteiger partial charge in [-0.05, 0) is 25.0 Å². The Morgan fingerprint density at radius 2 is 1.95 bits per heavy atom. The third kappa shape index (κ3) is 2.29. The van der Waals surface area contributed by atoms with E-state index >= 15 is 0 Å². The van der Waals surface area contributed by atoms with Gasteiger partial charge in [0, 0.05) is 37.3 Å². The molecule has 1 aliphatic carbocycles. The minimum Gasteiger partial charge on any atom is -0.391 e. The number of β-amino-alcohol motifs (C(OH)–C–C–N with tert-alkyl or cyclic N) is 1. The normalized spacial score (nSPS) is 26.5. The number of hydrogen-bond donors (Lipinski definition) is 1. The van der Waals surface area contributed by atoms with Gasteiger partial charge in [0.25, 0.3) is 5.91 Å². The van der Waals surface area contributed by atoms with E-state index in [1.54, 1.807) is 0 Å². The highest BCUT2D eigenvalue weighted by Gasteiger charge is 2.55. The molecule has 1 N–H and O–H groups in total. The summed E-state index contributed by atoms with van der Waals surface area (Å²) in [5.41, 5.74) is 1.74. The molecule has 4 rings (SSSR count). The molecule has 0 aromatic heterocycles. The van der Waals surface area contributed by atoms with E-state index in [4.69, 9.17) is 4.74 Å². The Labute approximate surface area is 130 Å². The van der Waals surface area contributed by atoms with E-state index in [1.165, 1.54) is 0 Å². The molecule has 1 aromatic carbocycles. The number of carbonyl (C=O) groups excluding carboxylic acids is 1. The maximum Gasteiger partial charge on any atom is 0.256 e. The van der Waals surface area contributed by atoms with E-state index in [9.17, 15) is 9.90 Å². The minimum absolute atomic E-state index is 0.00354. The van der Waals surface area contributed by atoms with Crippen molar-refractivity contribution in [2.75, 3.05) is 44.3 Å². The van der Waals surface area contributed by atoms with Crippen molar-refractivity contribution in [2.45, 2.75) is 18.9 Å². The van der Waals surface area contributed by atoms with Crippen LogP contribution in [0.15, 0.2) is 24.3 Å². The predicted octanol–water partition coefficient (Wildman–Crippen LogP) is 1.12. The summed E-state index contributed by atoms with van der Waals surface area (Å²) in [5.74, 6) is 0.0462. The van der Waals surface area contributed by atoms with Crippen LogP contribution in [0.25, 0.3) is 0 Å². The Balaban J connectivity index is 1.58. The van der Waals surface area contributed by atoms with Crippen molar-refractivity contribution in [1.82, 2.24) is 4.90 Å². The van der Waals surface area contributed by atoms with Crippen molar-refractivity contribution in [3.63, 3.8) is 0 Å². The number of morpholine rings is 1. The number of nitrogens with zero attached hydrogens (tertiary/aromatic N) is 2. The largest absolute Gasteiger partial charge is 0.391 e. The Morgan fingerprint density at radius 1 is 1.23 bits per heavy atom. The van der Waals surface area contributed by atoms with Crippen molar-refractivity contribution in [3.05, 3.63) is 29.8 Å². The van der Waals surface area contributed by atoms with Crippen LogP contribution in [0.4, 0.5) is 5.69 Å². The zero-order chi connectivity index (χ0) is 15.2. The number of amides is 1. The third-order valence-electron chi connectivity index (χ3n) is 5.27. The zero-order valence-electron chi connectivity index (χ0n) is 12.7. The molecule has 2 heterocycles. The zero-order valence-corrected chi connectivity index (χ0v) is 12.7. The fraction of sp³-hybridized carbons (Fsp3) is 0.588. The van der Waals surface area contributed by atoms with Crippen LogP contribution in [0.2, 0.25) is 0 Å². The van der Waals surface area contributed by atoms with Gasteiger partial charge in [-0.25, -0.2) is 0 Å². The summed E-state index contributed by atoms with van der Waals surface area (Å²) in [5, 5.41) is 10.2. The Morgan fingerprint density at radius 3 is 2.64 bits per heavy atom. The lowest BCUT2D eigenvalue weighted by molar-refractivity contribution is 0.0764. The standard InChI is InChI=1S/C17H22N2O3/c20-15-11-19(12-17(15)5-6-17)16(21)13-3-1-2-4-14(13)18-7-9-22-10-8-18/h1-4,15,20H,5-12H2. The molecule has 3 fully saturated rings. The first-order chi connectivity index (χ1) is 10.7. The number of ether oxygens (including phenoxy) is 1. The predicted molar refractivity (Wildman–Crippen MR) is 83.1 cm³/mol. The van der Waals surface area contributed by atoms with Crippen LogP contribution in [0, 0.1) is 5.41 Å². The van der Waals surface area contributed by atoms with Gasteiger partial charge in [0.15, 0.2) is 0 Å². The molecule has 0 bridgehead atoms. The molecule has 3 aliphatic rings. The molecular formula is C17H22N2O3. The molecule has 5 nitrogen and oxygen atoms in total. The number of para-hydroxylation sites is 1. The van der Waals surface area contributed by atoms with E-state index in [-0.39, 0.29) is 17.4 Å². The van der Waals surface area contributed by atoms with Crippen molar-refractivity contribution in [3.8, 4) is 0 Å². The number of benzene rings is 1. The molecule has 1 saturated carbocycles. The summed E-state index contributed by atoms with van der Waals surface area (Å²) in [4.78, 5) is 17.0. The van der Waals surface area contributed by atoms with Gasteiger partial charge >= 0.3 is 0 Å². The maximum absolute atomic E-state index is 12.9. The van der Waals surface area contributed by atoms with Gasteiger partial charge in [0.2, 0.25) is 0 Å². The molecule has 2 aliphatic heterocycles. The number of rotatable bonds is 2. The number of aliphatic hydroxyl groups is 1.